The highest BCUT2D eigenvalue weighted by atomic mass is 16.3. The molecule has 1 aliphatic carbocycles. The first-order chi connectivity index (χ1) is 7.90. The molecular weight excluding hydrogens is 214 g/mol. The van der Waals surface area contributed by atoms with Gasteiger partial charge < -0.3 is 5.11 Å². The van der Waals surface area contributed by atoms with Gasteiger partial charge in [-0.2, -0.15) is 5.10 Å². The number of rotatable bonds is 2. The molecule has 17 heavy (non-hydrogen) atoms. The molecule has 4 nitrogen and oxygen atoms in total. The molecule has 0 bridgehead atoms. The minimum atomic E-state index is -0.195. The second-order valence-electron chi connectivity index (χ2n) is 6.17. The number of hydrogen-bond donors (Lipinski definition) is 1. The zero-order valence-corrected chi connectivity index (χ0v) is 11.2. The van der Waals surface area contributed by atoms with Crippen molar-refractivity contribution in [2.45, 2.75) is 65.0 Å². The van der Waals surface area contributed by atoms with Gasteiger partial charge in [0, 0.05) is 5.92 Å². The van der Waals surface area contributed by atoms with E-state index in [1.807, 2.05) is 11.0 Å². The van der Waals surface area contributed by atoms with Crippen LogP contribution in [0.5, 0.6) is 0 Å². The zero-order valence-electron chi connectivity index (χ0n) is 11.2. The van der Waals surface area contributed by atoms with Crippen molar-refractivity contribution < 1.29 is 5.11 Å². The molecule has 0 radical (unpaired) electrons. The van der Waals surface area contributed by atoms with Crippen LogP contribution in [0.15, 0.2) is 6.33 Å². The van der Waals surface area contributed by atoms with Gasteiger partial charge in [-0.15, -0.1) is 0 Å². The fraction of sp³-hybridized carbons (Fsp3) is 0.846. The number of nitrogens with zero attached hydrogens (tertiary/aromatic N) is 3. The molecule has 1 N–H and O–H groups in total. The van der Waals surface area contributed by atoms with Crippen LogP contribution >= 0.6 is 0 Å². The average Bonchev–Trinajstić information content (AvgIpc) is 2.70. The Hall–Kier alpha value is -0.900. The van der Waals surface area contributed by atoms with E-state index in [0.717, 1.165) is 25.1 Å². The maximum absolute atomic E-state index is 9.83. The van der Waals surface area contributed by atoms with Crippen molar-refractivity contribution in [2.24, 2.45) is 5.41 Å². The van der Waals surface area contributed by atoms with Crippen LogP contribution in [-0.2, 0) is 0 Å². The van der Waals surface area contributed by atoms with Crippen LogP contribution in [0.2, 0.25) is 0 Å². The summed E-state index contributed by atoms with van der Waals surface area (Å²) in [6, 6.07) is 0.256. The molecule has 96 valence electrons. The fourth-order valence-corrected chi connectivity index (χ4v) is 2.57. The SMILES string of the molecule is CC(C)c1ncn(C2CC(O)CCC2(C)C)n1. The van der Waals surface area contributed by atoms with Gasteiger partial charge in [0.2, 0.25) is 0 Å². The lowest BCUT2D eigenvalue weighted by atomic mass is 9.72. The van der Waals surface area contributed by atoms with E-state index < -0.39 is 0 Å². The molecule has 2 rings (SSSR count). The minimum absolute atomic E-state index is 0.182. The molecule has 0 aromatic carbocycles. The van der Waals surface area contributed by atoms with Crippen molar-refractivity contribution in [3.8, 4) is 0 Å². The molecule has 1 saturated carbocycles. The molecule has 0 aliphatic heterocycles. The first kappa shape index (κ1) is 12.6. The second-order valence-corrected chi connectivity index (χ2v) is 6.17. The molecule has 2 unspecified atom stereocenters. The molecule has 1 aromatic rings. The van der Waals surface area contributed by atoms with Crippen molar-refractivity contribution in [3.05, 3.63) is 12.2 Å². The smallest absolute Gasteiger partial charge is 0.153 e. The van der Waals surface area contributed by atoms with Crippen molar-refractivity contribution in [1.82, 2.24) is 14.8 Å². The Morgan fingerprint density at radius 2 is 2.18 bits per heavy atom. The predicted octanol–water partition coefficient (Wildman–Crippen LogP) is 2.51. The molecule has 1 heterocycles. The Kier molecular flexibility index (Phi) is 3.25. The van der Waals surface area contributed by atoms with Crippen molar-refractivity contribution >= 4 is 0 Å². The second kappa shape index (κ2) is 4.41. The summed E-state index contributed by atoms with van der Waals surface area (Å²) < 4.78 is 1.96. The molecule has 4 heteroatoms. The van der Waals surface area contributed by atoms with Gasteiger partial charge in [-0.05, 0) is 24.7 Å². The van der Waals surface area contributed by atoms with Crippen LogP contribution in [0.1, 0.15) is 64.7 Å². The molecule has 0 saturated heterocycles. The van der Waals surface area contributed by atoms with Crippen LogP contribution in [0.3, 0.4) is 0 Å². The van der Waals surface area contributed by atoms with E-state index in [0.29, 0.717) is 5.92 Å². The number of aromatic nitrogens is 3. The van der Waals surface area contributed by atoms with Crippen LogP contribution in [0.25, 0.3) is 0 Å². The van der Waals surface area contributed by atoms with E-state index in [4.69, 9.17) is 0 Å². The molecule has 2 atom stereocenters. The minimum Gasteiger partial charge on any atom is -0.393 e. The number of aliphatic hydroxyl groups is 1. The average molecular weight is 237 g/mol. The van der Waals surface area contributed by atoms with Crippen molar-refractivity contribution in [1.29, 1.82) is 0 Å². The highest BCUT2D eigenvalue weighted by Crippen LogP contribution is 2.43. The largest absolute Gasteiger partial charge is 0.393 e. The highest BCUT2D eigenvalue weighted by molar-refractivity contribution is 4.94. The standard InChI is InChI=1S/C13H23N3O/c1-9(2)12-14-8-16(15-12)11-7-10(17)5-6-13(11,3)4/h8-11,17H,5-7H2,1-4H3. The van der Waals surface area contributed by atoms with E-state index in [2.05, 4.69) is 37.8 Å². The van der Waals surface area contributed by atoms with E-state index >= 15 is 0 Å². The van der Waals surface area contributed by atoms with Crippen molar-refractivity contribution in [3.63, 3.8) is 0 Å². The summed E-state index contributed by atoms with van der Waals surface area (Å²) in [5.74, 6) is 1.24. The highest BCUT2D eigenvalue weighted by Gasteiger charge is 2.37. The topological polar surface area (TPSA) is 50.9 Å². The van der Waals surface area contributed by atoms with Crippen LogP contribution in [-0.4, -0.2) is 26.0 Å². The Balaban J connectivity index is 2.23. The van der Waals surface area contributed by atoms with Gasteiger partial charge in [-0.3, -0.25) is 0 Å². The monoisotopic (exact) mass is 237 g/mol. The Bertz CT molecular complexity index is 384. The van der Waals surface area contributed by atoms with E-state index in [1.165, 1.54) is 0 Å². The van der Waals surface area contributed by atoms with Gasteiger partial charge >= 0.3 is 0 Å². The van der Waals surface area contributed by atoms with E-state index in [1.54, 1.807) is 0 Å². The summed E-state index contributed by atoms with van der Waals surface area (Å²) in [4.78, 5) is 4.35. The summed E-state index contributed by atoms with van der Waals surface area (Å²) in [7, 11) is 0. The molecule has 0 spiro atoms. The molecule has 0 amide bonds. The lowest BCUT2D eigenvalue weighted by Crippen LogP contribution is -2.36. The van der Waals surface area contributed by atoms with E-state index in [9.17, 15) is 5.11 Å². The summed E-state index contributed by atoms with van der Waals surface area (Å²) >= 11 is 0. The molecule has 1 fully saturated rings. The quantitative estimate of drug-likeness (QED) is 0.860. The Morgan fingerprint density at radius 3 is 2.76 bits per heavy atom. The van der Waals surface area contributed by atoms with Gasteiger partial charge in [-0.1, -0.05) is 27.7 Å². The third-order valence-corrected chi connectivity index (χ3v) is 3.88. The maximum Gasteiger partial charge on any atom is 0.153 e. The van der Waals surface area contributed by atoms with Gasteiger partial charge in [-0.25, -0.2) is 9.67 Å². The van der Waals surface area contributed by atoms with Crippen LogP contribution < -0.4 is 0 Å². The van der Waals surface area contributed by atoms with Gasteiger partial charge in [0.15, 0.2) is 5.82 Å². The van der Waals surface area contributed by atoms with E-state index in [-0.39, 0.29) is 17.6 Å². The Labute approximate surface area is 103 Å². The van der Waals surface area contributed by atoms with Crippen LogP contribution in [0, 0.1) is 5.41 Å². The number of aliphatic hydroxyl groups excluding tert-OH is 1. The molecule has 1 aromatic heterocycles. The lowest BCUT2D eigenvalue weighted by molar-refractivity contribution is 0.0289. The van der Waals surface area contributed by atoms with Gasteiger partial charge in [0.05, 0.1) is 12.1 Å². The van der Waals surface area contributed by atoms with Crippen molar-refractivity contribution in [2.75, 3.05) is 0 Å². The molecule has 1 aliphatic rings. The van der Waals surface area contributed by atoms with Gasteiger partial charge in [0.1, 0.15) is 6.33 Å². The summed E-state index contributed by atoms with van der Waals surface area (Å²) in [5, 5.41) is 14.4. The first-order valence-corrected chi connectivity index (χ1v) is 6.49. The predicted molar refractivity (Wildman–Crippen MR) is 66.8 cm³/mol. The zero-order chi connectivity index (χ0) is 12.6. The first-order valence-electron chi connectivity index (χ1n) is 6.49. The maximum atomic E-state index is 9.83. The summed E-state index contributed by atoms with van der Waals surface area (Å²) in [6.07, 6.45) is 4.35. The number of hydrogen-bond acceptors (Lipinski definition) is 3. The fourth-order valence-electron chi connectivity index (χ4n) is 2.57. The van der Waals surface area contributed by atoms with Crippen LogP contribution in [0.4, 0.5) is 0 Å². The lowest BCUT2D eigenvalue weighted by Gasteiger charge is -2.40. The normalized spacial score (nSPS) is 28.6. The van der Waals surface area contributed by atoms with Gasteiger partial charge in [0.25, 0.3) is 0 Å². The third kappa shape index (κ3) is 2.51. The molecular formula is C13H23N3O. The summed E-state index contributed by atoms with van der Waals surface area (Å²) in [6.45, 7) is 8.70. The summed E-state index contributed by atoms with van der Waals surface area (Å²) in [5.41, 5.74) is 0.182. The Morgan fingerprint density at radius 1 is 1.47 bits per heavy atom. The third-order valence-electron chi connectivity index (χ3n) is 3.88.